The van der Waals surface area contributed by atoms with Gasteiger partial charge in [0, 0.05) is 5.69 Å². The molecule has 38 heavy (non-hydrogen) atoms. The number of hydrogen-bond acceptors (Lipinski definition) is 6. The fourth-order valence-corrected chi connectivity index (χ4v) is 5.38. The van der Waals surface area contributed by atoms with Crippen LogP contribution in [0.3, 0.4) is 0 Å². The van der Waals surface area contributed by atoms with E-state index in [0.717, 1.165) is 45.6 Å². The summed E-state index contributed by atoms with van der Waals surface area (Å²) in [5, 5.41) is 8.48. The van der Waals surface area contributed by atoms with Gasteiger partial charge in [-0.25, -0.2) is 14.7 Å². The molecule has 1 atom stereocenters. The molecule has 0 fully saturated rings. The number of anilines is 2. The number of para-hydroxylation sites is 3. The molecule has 0 saturated carbocycles. The van der Waals surface area contributed by atoms with Crippen LogP contribution >= 0.6 is 15.9 Å². The molecule has 1 N–H and O–H groups in total. The Morgan fingerprint density at radius 1 is 0.842 bits per heavy atom. The van der Waals surface area contributed by atoms with E-state index in [-0.39, 0.29) is 6.04 Å². The fourth-order valence-electron chi connectivity index (χ4n) is 5.06. The second kappa shape index (κ2) is 8.85. The molecule has 2 aliphatic rings. The van der Waals surface area contributed by atoms with Crippen LogP contribution in [-0.4, -0.2) is 21.5 Å². The van der Waals surface area contributed by atoms with Crippen LogP contribution in [0, 0.1) is 13.8 Å². The van der Waals surface area contributed by atoms with Crippen LogP contribution in [0.25, 0.3) is 5.69 Å². The second-order valence-electron chi connectivity index (χ2n) is 9.36. The highest BCUT2D eigenvalue weighted by Gasteiger charge is 2.42. The van der Waals surface area contributed by atoms with E-state index >= 15 is 0 Å². The molecule has 7 nitrogen and oxygen atoms in total. The van der Waals surface area contributed by atoms with Crippen molar-refractivity contribution < 1.29 is 4.42 Å². The number of amidine groups is 2. The predicted octanol–water partition coefficient (Wildman–Crippen LogP) is 7.64. The van der Waals surface area contributed by atoms with Gasteiger partial charge in [0.15, 0.2) is 22.2 Å². The Hall–Kier alpha value is -4.43. The van der Waals surface area contributed by atoms with E-state index in [4.69, 9.17) is 19.5 Å². The fraction of sp³-hybridized carbons (Fsp3) is 0.100. The summed E-state index contributed by atoms with van der Waals surface area (Å²) in [7, 11) is 0. The zero-order chi connectivity index (χ0) is 25.8. The van der Waals surface area contributed by atoms with Gasteiger partial charge in [-0.2, -0.15) is 5.10 Å². The van der Waals surface area contributed by atoms with E-state index in [2.05, 4.69) is 63.4 Å². The Morgan fingerprint density at radius 2 is 1.61 bits per heavy atom. The number of aliphatic imine (C=N–C) groups is 2. The quantitative estimate of drug-likeness (QED) is 0.245. The zero-order valence-electron chi connectivity index (χ0n) is 20.8. The van der Waals surface area contributed by atoms with Gasteiger partial charge in [-0.05, 0) is 78.3 Å². The first-order valence-corrected chi connectivity index (χ1v) is 13.2. The molecule has 0 amide bonds. The third-order valence-corrected chi connectivity index (χ3v) is 7.24. The van der Waals surface area contributed by atoms with Gasteiger partial charge in [0.2, 0.25) is 0 Å². The van der Waals surface area contributed by atoms with Crippen molar-refractivity contribution >= 4 is 50.5 Å². The molecular weight excluding hydrogens is 540 g/mol. The van der Waals surface area contributed by atoms with Gasteiger partial charge in [0.1, 0.15) is 11.8 Å². The highest BCUT2D eigenvalue weighted by Crippen LogP contribution is 2.48. The second-order valence-corrected chi connectivity index (χ2v) is 10.1. The minimum atomic E-state index is -0.298. The summed E-state index contributed by atoms with van der Waals surface area (Å²) in [5.74, 6) is 2.90. The minimum absolute atomic E-state index is 0.298. The summed E-state index contributed by atoms with van der Waals surface area (Å²) < 4.78 is 8.78. The van der Waals surface area contributed by atoms with Crippen LogP contribution in [0.15, 0.2) is 110 Å². The highest BCUT2D eigenvalue weighted by molar-refractivity contribution is 9.10. The van der Waals surface area contributed by atoms with Crippen molar-refractivity contribution in [1.82, 2.24) is 9.78 Å². The van der Waals surface area contributed by atoms with Crippen molar-refractivity contribution in [1.29, 1.82) is 0 Å². The normalized spacial score (nSPS) is 15.8. The maximum Gasteiger partial charge on any atom is 0.179 e. The molecule has 0 bridgehead atoms. The lowest BCUT2D eigenvalue weighted by Gasteiger charge is -2.39. The number of aromatic nitrogens is 2. The number of nitrogens with zero attached hydrogens (tertiary/aromatic N) is 5. The van der Waals surface area contributed by atoms with E-state index in [1.165, 1.54) is 5.56 Å². The molecule has 8 heteroatoms. The van der Waals surface area contributed by atoms with Gasteiger partial charge in [-0.1, -0.05) is 48.0 Å². The van der Waals surface area contributed by atoms with Crippen LogP contribution in [0.1, 0.15) is 28.6 Å². The number of benzene rings is 3. The number of halogens is 1. The largest absolute Gasteiger partial charge is 0.452 e. The molecule has 1 unspecified atom stereocenters. The van der Waals surface area contributed by atoms with Gasteiger partial charge in [-0.3, -0.25) is 0 Å². The predicted molar refractivity (Wildman–Crippen MR) is 154 cm³/mol. The van der Waals surface area contributed by atoms with E-state index in [0.29, 0.717) is 16.3 Å². The minimum Gasteiger partial charge on any atom is -0.452 e. The van der Waals surface area contributed by atoms with Crippen molar-refractivity contribution in [2.24, 2.45) is 9.98 Å². The Bertz CT molecular complexity index is 1730. The number of hydrogen-bond donors (Lipinski definition) is 1. The first kappa shape index (κ1) is 22.7. The molecule has 4 heterocycles. The van der Waals surface area contributed by atoms with Crippen LogP contribution < -0.4 is 10.2 Å². The van der Waals surface area contributed by atoms with Gasteiger partial charge in [0.25, 0.3) is 0 Å². The van der Waals surface area contributed by atoms with Crippen molar-refractivity contribution in [3.63, 3.8) is 0 Å². The van der Waals surface area contributed by atoms with Gasteiger partial charge in [0.05, 0.1) is 28.3 Å². The smallest absolute Gasteiger partial charge is 0.179 e. The summed E-state index contributed by atoms with van der Waals surface area (Å²) in [4.78, 5) is 12.5. The van der Waals surface area contributed by atoms with Gasteiger partial charge in [-0.15, -0.1) is 0 Å². The van der Waals surface area contributed by atoms with E-state index in [1.807, 2.05) is 72.3 Å². The third kappa shape index (κ3) is 3.68. The number of furan rings is 1. The monoisotopic (exact) mass is 562 g/mol. The molecule has 5 aromatic rings. The molecule has 0 radical (unpaired) electrons. The van der Waals surface area contributed by atoms with E-state index in [1.54, 1.807) is 0 Å². The molecular formula is C30H23BrN6O. The number of aryl methyl sites for hydroxylation is 2. The molecule has 186 valence electrons. The first-order valence-electron chi connectivity index (χ1n) is 12.4. The summed E-state index contributed by atoms with van der Waals surface area (Å²) in [6, 6.07) is 30.1. The van der Waals surface area contributed by atoms with E-state index in [9.17, 15) is 0 Å². The van der Waals surface area contributed by atoms with Crippen molar-refractivity contribution in [2.45, 2.75) is 19.9 Å². The third-order valence-electron chi connectivity index (χ3n) is 6.82. The SMILES string of the molecule is Cc1ccc(NC2=Nc3ccccc3N3C2=Nc2c(c(C)nn2-c2ccccc2)C3c2ccc(Br)o2)cc1. The lowest BCUT2D eigenvalue weighted by atomic mass is 9.98. The lowest BCUT2D eigenvalue weighted by Crippen LogP contribution is -2.46. The number of rotatable bonds is 3. The van der Waals surface area contributed by atoms with Gasteiger partial charge >= 0.3 is 0 Å². The molecule has 0 aliphatic carbocycles. The zero-order valence-corrected chi connectivity index (χ0v) is 22.3. The van der Waals surface area contributed by atoms with Crippen molar-refractivity contribution in [3.05, 3.63) is 118 Å². The number of nitrogens with one attached hydrogen (secondary N) is 1. The van der Waals surface area contributed by atoms with Crippen LogP contribution in [-0.2, 0) is 0 Å². The van der Waals surface area contributed by atoms with E-state index < -0.39 is 0 Å². The van der Waals surface area contributed by atoms with Crippen LogP contribution in [0.5, 0.6) is 0 Å². The summed E-state index contributed by atoms with van der Waals surface area (Å²) in [5.41, 5.74) is 6.76. The first-order chi connectivity index (χ1) is 18.6. The summed E-state index contributed by atoms with van der Waals surface area (Å²) in [6.45, 7) is 4.10. The average molecular weight is 563 g/mol. The molecule has 7 rings (SSSR count). The standard InChI is InChI=1S/C30H23BrN6O/c1-18-12-14-20(15-13-18)32-28-30-34-29-26(19(2)35-37(29)21-8-4-3-5-9-21)27(24-16-17-25(31)38-24)36(30)23-11-7-6-10-22(23)33-28/h3-17,27H,1-2H3,(H,32,33). The van der Waals surface area contributed by atoms with Crippen molar-refractivity contribution in [3.8, 4) is 5.69 Å². The average Bonchev–Trinajstić information content (AvgIpc) is 3.52. The molecule has 0 spiro atoms. The molecule has 2 aliphatic heterocycles. The van der Waals surface area contributed by atoms with Crippen LogP contribution in [0.4, 0.5) is 22.9 Å². The maximum atomic E-state index is 6.20. The Kier molecular flexibility index (Phi) is 5.30. The molecule has 2 aromatic heterocycles. The lowest BCUT2D eigenvalue weighted by molar-refractivity contribution is 0.468. The number of fused-ring (bicyclic) bond motifs is 4. The Morgan fingerprint density at radius 3 is 2.37 bits per heavy atom. The molecule has 3 aromatic carbocycles. The van der Waals surface area contributed by atoms with Gasteiger partial charge < -0.3 is 14.6 Å². The van der Waals surface area contributed by atoms with Crippen molar-refractivity contribution in [2.75, 3.05) is 10.2 Å². The highest BCUT2D eigenvalue weighted by atomic mass is 79.9. The summed E-state index contributed by atoms with van der Waals surface area (Å²) in [6.07, 6.45) is 0. The Labute approximate surface area is 228 Å². The molecule has 0 saturated heterocycles. The summed E-state index contributed by atoms with van der Waals surface area (Å²) >= 11 is 3.51. The Balaban J connectivity index is 1.49. The topological polar surface area (TPSA) is 71.0 Å². The maximum absolute atomic E-state index is 6.20. The van der Waals surface area contributed by atoms with Crippen LogP contribution in [0.2, 0.25) is 0 Å².